The molecule has 33 heavy (non-hydrogen) atoms. The van der Waals surface area contributed by atoms with E-state index in [1.807, 2.05) is 0 Å². The summed E-state index contributed by atoms with van der Waals surface area (Å²) in [4.78, 5) is 16.6. The van der Waals surface area contributed by atoms with Crippen LogP contribution >= 0.6 is 11.6 Å². The van der Waals surface area contributed by atoms with Gasteiger partial charge in [-0.3, -0.25) is 9.53 Å². The number of hydrogen-bond acceptors (Lipinski definition) is 6. The quantitative estimate of drug-likeness (QED) is 0.598. The number of rotatable bonds is 7. The van der Waals surface area contributed by atoms with Gasteiger partial charge < -0.3 is 19.6 Å². The molecular formula is C22H22ClF3N2O5. The van der Waals surface area contributed by atoms with Crippen LogP contribution in [-0.2, 0) is 9.53 Å². The summed E-state index contributed by atoms with van der Waals surface area (Å²) in [5, 5.41) is 13.5. The van der Waals surface area contributed by atoms with Gasteiger partial charge in [-0.15, -0.1) is 13.2 Å². The molecule has 1 saturated carbocycles. The first-order valence-corrected chi connectivity index (χ1v) is 10.8. The molecule has 0 radical (unpaired) electrons. The van der Waals surface area contributed by atoms with Crippen molar-refractivity contribution in [3.63, 3.8) is 0 Å². The summed E-state index contributed by atoms with van der Waals surface area (Å²) >= 11 is 5.94. The molecule has 4 rings (SSSR count). The maximum Gasteiger partial charge on any atom is 0.522 e. The van der Waals surface area contributed by atoms with Gasteiger partial charge in [0.2, 0.25) is 0 Å². The summed E-state index contributed by atoms with van der Waals surface area (Å²) in [5.74, 6) is 0.572. The summed E-state index contributed by atoms with van der Waals surface area (Å²) in [6.07, 6.45) is -4.92. The molecule has 0 bridgehead atoms. The number of carbonyl (C=O) groups excluding carboxylic acids is 1. The van der Waals surface area contributed by atoms with Gasteiger partial charge in [0.15, 0.2) is 12.0 Å². The normalized spacial score (nSPS) is 24.4. The molecule has 1 amide bonds. The van der Waals surface area contributed by atoms with Gasteiger partial charge >= 0.3 is 6.36 Å². The Morgan fingerprint density at radius 2 is 2.09 bits per heavy atom. The van der Waals surface area contributed by atoms with Gasteiger partial charge in [0.05, 0.1) is 18.4 Å². The van der Waals surface area contributed by atoms with Crippen LogP contribution in [0, 0.1) is 0 Å². The molecule has 7 nitrogen and oxygen atoms in total. The highest BCUT2D eigenvalue weighted by Gasteiger charge is 2.42. The van der Waals surface area contributed by atoms with Gasteiger partial charge in [-0.1, -0.05) is 18.2 Å². The number of nitrogens with zero attached hydrogens (tertiary/aromatic N) is 1. The molecule has 2 N–H and O–H groups in total. The fourth-order valence-electron chi connectivity index (χ4n) is 3.84. The van der Waals surface area contributed by atoms with E-state index in [1.54, 1.807) is 18.2 Å². The molecule has 0 saturated heterocycles. The minimum absolute atomic E-state index is 0.103. The molecule has 2 atom stereocenters. The van der Waals surface area contributed by atoms with Crippen LogP contribution in [0.2, 0.25) is 5.02 Å². The number of hydrogen-bond donors (Lipinski definition) is 2. The van der Waals surface area contributed by atoms with Crippen molar-refractivity contribution < 1.29 is 37.0 Å². The largest absolute Gasteiger partial charge is 0.522 e. The Kier molecular flexibility index (Phi) is 6.69. The Labute approximate surface area is 192 Å². The number of carbonyl (C=O) groups is 1. The first kappa shape index (κ1) is 23.6. The topological polar surface area (TPSA) is 93.8 Å². The van der Waals surface area contributed by atoms with Gasteiger partial charge in [0, 0.05) is 29.5 Å². The average molecular weight is 487 g/mol. The smallest absolute Gasteiger partial charge is 0.480 e. The number of halogens is 4. The van der Waals surface area contributed by atoms with E-state index in [-0.39, 0.29) is 37.6 Å². The molecule has 178 valence electrons. The van der Waals surface area contributed by atoms with E-state index in [4.69, 9.17) is 20.8 Å². The predicted octanol–water partition coefficient (Wildman–Crippen LogP) is 4.51. The number of alkyl halides is 3. The molecule has 0 unspecified atom stereocenters. The number of ether oxygens (including phenoxy) is 2. The maximum absolute atomic E-state index is 12.5. The Morgan fingerprint density at radius 1 is 1.33 bits per heavy atom. The van der Waals surface area contributed by atoms with Crippen LogP contribution in [0.5, 0.6) is 5.75 Å². The highest BCUT2D eigenvalue weighted by atomic mass is 35.5. The van der Waals surface area contributed by atoms with Crippen LogP contribution in [0.25, 0.3) is 5.57 Å². The number of aliphatic hydroxyl groups excluding tert-OH is 1. The minimum Gasteiger partial charge on any atom is -0.480 e. The van der Waals surface area contributed by atoms with Gasteiger partial charge in [0.1, 0.15) is 11.5 Å². The highest BCUT2D eigenvalue weighted by molar-refractivity contribution is 6.30. The second-order valence-electron chi connectivity index (χ2n) is 8.10. The van der Waals surface area contributed by atoms with Crippen molar-refractivity contribution in [1.29, 1.82) is 0 Å². The van der Waals surface area contributed by atoms with E-state index in [2.05, 4.69) is 21.6 Å². The highest BCUT2D eigenvalue weighted by Crippen LogP contribution is 2.41. The zero-order valence-corrected chi connectivity index (χ0v) is 18.2. The zero-order valence-electron chi connectivity index (χ0n) is 17.4. The molecule has 1 aliphatic carbocycles. The maximum atomic E-state index is 12.5. The molecule has 1 aromatic heterocycles. The first-order valence-electron chi connectivity index (χ1n) is 10.4. The van der Waals surface area contributed by atoms with Crippen LogP contribution in [0.4, 0.5) is 13.2 Å². The molecule has 1 fully saturated rings. The fraction of sp³-hybridized carbons (Fsp3) is 0.455. The van der Waals surface area contributed by atoms with Crippen LogP contribution in [-0.4, -0.2) is 41.1 Å². The number of oxazole rings is 1. The van der Waals surface area contributed by atoms with E-state index in [0.29, 0.717) is 40.0 Å². The predicted molar refractivity (Wildman–Crippen MR) is 112 cm³/mol. The lowest BCUT2D eigenvalue weighted by Gasteiger charge is -2.33. The Bertz CT molecular complexity index is 1040. The monoisotopic (exact) mass is 486 g/mol. The summed E-state index contributed by atoms with van der Waals surface area (Å²) in [6, 6.07) is 4.85. The van der Waals surface area contributed by atoms with E-state index in [9.17, 15) is 23.1 Å². The number of amides is 1. The third-order valence-corrected chi connectivity index (χ3v) is 5.91. The van der Waals surface area contributed by atoms with Crippen molar-refractivity contribution >= 4 is 23.1 Å². The molecule has 1 aliphatic heterocycles. The van der Waals surface area contributed by atoms with Gasteiger partial charge in [-0.2, -0.15) is 0 Å². The second-order valence-corrected chi connectivity index (χ2v) is 8.54. The first-order chi connectivity index (χ1) is 15.6. The van der Waals surface area contributed by atoms with E-state index in [1.165, 1.54) is 6.20 Å². The van der Waals surface area contributed by atoms with Crippen molar-refractivity contribution in [1.82, 2.24) is 10.3 Å². The fourth-order valence-corrected chi connectivity index (χ4v) is 4.03. The summed E-state index contributed by atoms with van der Waals surface area (Å²) < 4.78 is 52.0. The van der Waals surface area contributed by atoms with Crippen molar-refractivity contribution in [2.24, 2.45) is 0 Å². The summed E-state index contributed by atoms with van der Waals surface area (Å²) in [6.45, 7) is 4.17. The molecular weight excluding hydrogens is 465 g/mol. The van der Waals surface area contributed by atoms with Crippen molar-refractivity contribution in [3.8, 4) is 5.75 Å². The Hall–Kier alpha value is -2.56. The standard InChI is InChI=1S/C22H22ClF3N2O5/c1-11(19-10-28-21(32-19)12-6-14(7-12)33-22(24,25)26)4-5-27-20(30)18-9-16(29)15-8-13(23)2-3-17(15)31-18/h2-3,8,10,12,14,16,18,29H,1,4-7,9H2,(H,27,30)/t12-,14+,16-,18+/m1/s1. The van der Waals surface area contributed by atoms with Crippen LogP contribution in [0.3, 0.4) is 0 Å². The number of benzene rings is 1. The van der Waals surface area contributed by atoms with Crippen LogP contribution in [0.15, 0.2) is 35.4 Å². The number of aliphatic hydroxyl groups is 1. The van der Waals surface area contributed by atoms with Gasteiger partial charge in [-0.25, -0.2) is 4.98 Å². The Morgan fingerprint density at radius 3 is 2.82 bits per heavy atom. The lowest BCUT2D eigenvalue weighted by molar-refractivity contribution is -0.352. The second kappa shape index (κ2) is 9.36. The third kappa shape index (κ3) is 5.69. The lowest BCUT2D eigenvalue weighted by Crippen LogP contribution is -2.41. The Balaban J connectivity index is 1.22. The molecule has 0 spiro atoms. The molecule has 2 aromatic rings. The average Bonchev–Trinajstić information content (AvgIpc) is 3.19. The summed E-state index contributed by atoms with van der Waals surface area (Å²) in [7, 11) is 0. The van der Waals surface area contributed by atoms with Crippen LogP contribution in [0.1, 0.15) is 54.9 Å². The summed E-state index contributed by atoms with van der Waals surface area (Å²) in [5.41, 5.74) is 1.13. The molecule has 11 heteroatoms. The van der Waals surface area contributed by atoms with E-state index >= 15 is 0 Å². The molecule has 2 aliphatic rings. The van der Waals surface area contributed by atoms with Crippen molar-refractivity contribution in [2.45, 2.75) is 56.3 Å². The zero-order chi connectivity index (χ0) is 23.8. The SMILES string of the molecule is C=C(CCNC(=O)[C@@H]1C[C@@H](O)c2cc(Cl)ccc2O1)c1cnc([C@H]2C[C@@H](OC(F)(F)F)C2)o1. The van der Waals surface area contributed by atoms with Crippen molar-refractivity contribution in [2.75, 3.05) is 6.54 Å². The third-order valence-electron chi connectivity index (χ3n) is 5.67. The van der Waals surface area contributed by atoms with E-state index < -0.39 is 24.7 Å². The minimum atomic E-state index is -4.64. The van der Waals surface area contributed by atoms with E-state index in [0.717, 1.165) is 0 Å². The van der Waals surface area contributed by atoms with Crippen LogP contribution < -0.4 is 10.1 Å². The number of nitrogens with one attached hydrogen (secondary N) is 1. The van der Waals surface area contributed by atoms with Gasteiger partial charge in [-0.05, 0) is 43.0 Å². The number of fused-ring (bicyclic) bond motifs is 1. The number of aromatic nitrogens is 1. The molecule has 2 heterocycles. The lowest BCUT2D eigenvalue weighted by atomic mass is 9.82. The molecule has 1 aromatic carbocycles. The van der Waals surface area contributed by atoms with Crippen molar-refractivity contribution in [3.05, 3.63) is 53.2 Å². The van der Waals surface area contributed by atoms with Gasteiger partial charge in [0.25, 0.3) is 5.91 Å².